The zero-order chi connectivity index (χ0) is 22.9. The largest absolute Gasteiger partial charge is 0.496 e. The number of aryl methyl sites for hydroxylation is 1. The number of hydrogen-bond donors (Lipinski definition) is 1. The Kier molecular flexibility index (Phi) is 6.63. The molecule has 2 fully saturated rings. The molecule has 4 rings (SSSR count). The highest BCUT2D eigenvalue weighted by Crippen LogP contribution is 2.36. The third-order valence-corrected chi connectivity index (χ3v) is 9.46. The maximum absolute atomic E-state index is 13.0. The number of methoxy groups -OCH3 is 1. The molecule has 1 N–H and O–H groups in total. The maximum Gasteiger partial charge on any atom is 0.253 e. The average Bonchev–Trinajstić information content (AvgIpc) is 3.09. The van der Waals surface area contributed by atoms with Gasteiger partial charge in [-0.15, -0.1) is 0 Å². The molecule has 1 spiro atoms. The Morgan fingerprint density at radius 2 is 1.88 bits per heavy atom. The van der Waals surface area contributed by atoms with Crippen LogP contribution in [0.2, 0.25) is 0 Å². The Hall–Kier alpha value is -1.93. The van der Waals surface area contributed by atoms with Crippen LogP contribution < -0.4 is 10.1 Å². The lowest BCUT2D eigenvalue weighted by molar-refractivity contribution is -0.125. The van der Waals surface area contributed by atoms with Gasteiger partial charge < -0.3 is 10.1 Å². The van der Waals surface area contributed by atoms with Crippen molar-refractivity contribution in [1.29, 1.82) is 0 Å². The van der Waals surface area contributed by atoms with Crippen LogP contribution in [0.5, 0.6) is 5.75 Å². The van der Waals surface area contributed by atoms with Crippen molar-refractivity contribution in [3.05, 3.63) is 29.3 Å². The zero-order valence-electron chi connectivity index (χ0n) is 19.4. The highest BCUT2D eigenvalue weighted by atomic mass is 32.2. The van der Waals surface area contributed by atoms with Gasteiger partial charge in [0, 0.05) is 19.0 Å². The van der Waals surface area contributed by atoms with E-state index in [1.54, 1.807) is 7.11 Å². The van der Waals surface area contributed by atoms with Gasteiger partial charge in [-0.1, -0.05) is 31.9 Å². The fraction of sp³-hybridized carbons (Fsp3) is 0.667. The van der Waals surface area contributed by atoms with Gasteiger partial charge in [-0.2, -0.15) is 0 Å². The van der Waals surface area contributed by atoms with Gasteiger partial charge in [-0.3, -0.25) is 9.79 Å². The number of hydrogen-bond acceptors (Lipinski definition) is 5. The van der Waals surface area contributed by atoms with Crippen molar-refractivity contribution in [2.45, 2.75) is 64.3 Å². The van der Waals surface area contributed by atoms with E-state index in [0.717, 1.165) is 41.5 Å². The van der Waals surface area contributed by atoms with Crippen LogP contribution in [0.3, 0.4) is 0 Å². The van der Waals surface area contributed by atoms with Crippen LogP contribution in [-0.2, 0) is 21.2 Å². The van der Waals surface area contributed by atoms with Crippen molar-refractivity contribution < 1.29 is 17.9 Å². The number of benzene rings is 1. The number of carbonyl (C=O) groups is 1. The predicted octanol–water partition coefficient (Wildman–Crippen LogP) is 3.07. The number of nitrogens with one attached hydrogen (secondary N) is 1. The summed E-state index contributed by atoms with van der Waals surface area (Å²) in [5.74, 6) is 2.69. The van der Waals surface area contributed by atoms with Gasteiger partial charge in [0.15, 0.2) is 0 Å². The minimum Gasteiger partial charge on any atom is -0.496 e. The number of carbonyl (C=O) groups excluding carboxylic acids is 1. The lowest BCUT2D eigenvalue weighted by atomic mass is 9.82. The summed E-state index contributed by atoms with van der Waals surface area (Å²) in [4.78, 5) is 17.7. The van der Waals surface area contributed by atoms with Crippen LogP contribution in [0.15, 0.2) is 23.2 Å². The molecule has 1 aromatic rings. The molecule has 32 heavy (non-hydrogen) atoms. The fourth-order valence-electron chi connectivity index (χ4n) is 5.26. The second-order valence-electron chi connectivity index (χ2n) is 9.65. The summed E-state index contributed by atoms with van der Waals surface area (Å²) >= 11 is 0. The molecule has 1 saturated heterocycles. The van der Waals surface area contributed by atoms with Gasteiger partial charge >= 0.3 is 0 Å². The molecule has 0 bridgehead atoms. The predicted molar refractivity (Wildman–Crippen MR) is 125 cm³/mol. The van der Waals surface area contributed by atoms with E-state index in [0.29, 0.717) is 38.3 Å². The number of amides is 1. The highest BCUT2D eigenvalue weighted by Gasteiger charge is 2.48. The van der Waals surface area contributed by atoms with Crippen molar-refractivity contribution in [2.75, 3.05) is 26.0 Å². The third kappa shape index (κ3) is 4.57. The zero-order valence-corrected chi connectivity index (χ0v) is 20.2. The minimum atomic E-state index is -3.41. The molecule has 0 radical (unpaired) electrons. The summed E-state index contributed by atoms with van der Waals surface area (Å²) in [7, 11) is -1.79. The second-order valence-corrected chi connectivity index (χ2v) is 11.7. The Morgan fingerprint density at radius 1 is 1.19 bits per heavy atom. The summed E-state index contributed by atoms with van der Waals surface area (Å²) in [5.41, 5.74) is 1.17. The molecule has 1 aliphatic carbocycles. The quantitative estimate of drug-likeness (QED) is 0.705. The number of amidine groups is 1. The first kappa shape index (κ1) is 23.2. The molecule has 7 nitrogen and oxygen atoms in total. The van der Waals surface area contributed by atoms with Crippen molar-refractivity contribution in [3.63, 3.8) is 0 Å². The first-order chi connectivity index (χ1) is 15.2. The van der Waals surface area contributed by atoms with Crippen LogP contribution in [0, 0.1) is 18.8 Å². The Bertz CT molecular complexity index is 988. The van der Waals surface area contributed by atoms with Crippen molar-refractivity contribution in [2.24, 2.45) is 16.8 Å². The molecule has 1 saturated carbocycles. The molecule has 0 aromatic heterocycles. The van der Waals surface area contributed by atoms with Gasteiger partial charge in [0.1, 0.15) is 17.1 Å². The highest BCUT2D eigenvalue weighted by molar-refractivity contribution is 7.89. The molecule has 176 valence electrons. The molecule has 0 unspecified atom stereocenters. The number of sulfonamides is 1. The van der Waals surface area contributed by atoms with E-state index in [1.165, 1.54) is 17.1 Å². The molecular formula is C24H35N3O4S. The summed E-state index contributed by atoms with van der Waals surface area (Å²) in [6.07, 6.45) is 5.82. The molecule has 3 aliphatic rings. The molecule has 2 aliphatic heterocycles. The fourth-order valence-corrected chi connectivity index (χ4v) is 6.74. The van der Waals surface area contributed by atoms with E-state index >= 15 is 0 Å². The molecular weight excluding hydrogens is 426 g/mol. The summed E-state index contributed by atoms with van der Waals surface area (Å²) in [6.45, 7) is 4.90. The maximum atomic E-state index is 13.0. The average molecular weight is 462 g/mol. The van der Waals surface area contributed by atoms with Gasteiger partial charge in [-0.25, -0.2) is 12.7 Å². The molecule has 2 heterocycles. The Morgan fingerprint density at radius 3 is 2.53 bits per heavy atom. The van der Waals surface area contributed by atoms with Crippen LogP contribution >= 0.6 is 0 Å². The standard InChI is InChI=1S/C24H35N3O4S/c1-17-7-9-20(10-8-17)22-25-23(28)24(26-22)12-14-27(15-13-24)32(29,30)16-11-19-5-4-6-21(31-3)18(19)2/h4-6,17,20H,7-16H2,1-3H3,(H,25,26,28). The first-order valence-electron chi connectivity index (χ1n) is 11.8. The topological polar surface area (TPSA) is 88.1 Å². The van der Waals surface area contributed by atoms with E-state index in [4.69, 9.17) is 9.73 Å². The van der Waals surface area contributed by atoms with Crippen LogP contribution in [0.25, 0.3) is 0 Å². The van der Waals surface area contributed by atoms with Gasteiger partial charge in [0.05, 0.1) is 12.9 Å². The van der Waals surface area contributed by atoms with Crippen LogP contribution in [0.1, 0.15) is 56.6 Å². The van der Waals surface area contributed by atoms with Gasteiger partial charge in [0.2, 0.25) is 10.0 Å². The van der Waals surface area contributed by atoms with Gasteiger partial charge in [-0.05, 0) is 62.1 Å². The SMILES string of the molecule is COc1cccc(CCS(=O)(=O)N2CCC3(CC2)N=C(C2CCC(C)CC2)NC3=O)c1C. The smallest absolute Gasteiger partial charge is 0.253 e. The molecule has 8 heteroatoms. The summed E-state index contributed by atoms with van der Waals surface area (Å²) in [5, 5.41) is 3.05. The van der Waals surface area contributed by atoms with E-state index < -0.39 is 15.6 Å². The summed E-state index contributed by atoms with van der Waals surface area (Å²) in [6, 6.07) is 5.72. The normalized spacial score (nSPS) is 26.1. The number of aliphatic imine (C=N–C) groups is 1. The Labute approximate surface area is 191 Å². The van der Waals surface area contributed by atoms with E-state index in [1.807, 2.05) is 25.1 Å². The monoisotopic (exact) mass is 461 g/mol. The number of piperidine rings is 1. The third-order valence-electron chi connectivity index (χ3n) is 7.59. The van der Waals surface area contributed by atoms with Gasteiger partial charge in [0.25, 0.3) is 5.91 Å². The van der Waals surface area contributed by atoms with Crippen molar-refractivity contribution in [1.82, 2.24) is 9.62 Å². The van der Waals surface area contributed by atoms with E-state index in [2.05, 4.69) is 12.2 Å². The summed E-state index contributed by atoms with van der Waals surface area (Å²) < 4.78 is 32.9. The first-order valence-corrected chi connectivity index (χ1v) is 13.4. The van der Waals surface area contributed by atoms with E-state index in [9.17, 15) is 13.2 Å². The lowest BCUT2D eigenvalue weighted by Gasteiger charge is -2.34. The number of ether oxygens (including phenoxy) is 1. The number of rotatable bonds is 6. The van der Waals surface area contributed by atoms with E-state index in [-0.39, 0.29) is 11.7 Å². The second kappa shape index (κ2) is 9.14. The molecule has 0 atom stereocenters. The number of nitrogens with zero attached hydrogens (tertiary/aromatic N) is 2. The minimum absolute atomic E-state index is 0.0461. The Balaban J connectivity index is 1.38. The van der Waals surface area contributed by atoms with Crippen LogP contribution in [-0.4, -0.2) is 56.0 Å². The van der Waals surface area contributed by atoms with Crippen molar-refractivity contribution >= 4 is 21.8 Å². The lowest BCUT2D eigenvalue weighted by Crippen LogP contribution is -2.51. The molecule has 1 amide bonds. The molecule has 1 aromatic carbocycles. The van der Waals surface area contributed by atoms with Crippen LogP contribution in [0.4, 0.5) is 0 Å². The van der Waals surface area contributed by atoms with Crippen molar-refractivity contribution in [3.8, 4) is 5.75 Å².